The van der Waals surface area contributed by atoms with Crippen LogP contribution in [0.3, 0.4) is 0 Å². The second-order valence-electron chi connectivity index (χ2n) is 4.27. The number of carbonyl (C=O) groups excluding carboxylic acids is 1. The van der Waals surface area contributed by atoms with Gasteiger partial charge in [0.05, 0.1) is 0 Å². The lowest BCUT2D eigenvalue weighted by Crippen LogP contribution is -1.84. The largest absolute Gasteiger partial charge is 0.298 e. The molecule has 1 heteroatoms. The summed E-state index contributed by atoms with van der Waals surface area (Å²) >= 11 is 0. The molecule has 0 amide bonds. The van der Waals surface area contributed by atoms with Crippen LogP contribution < -0.4 is 0 Å². The van der Waals surface area contributed by atoms with Gasteiger partial charge in [0.2, 0.25) is 0 Å². The maximum absolute atomic E-state index is 10.9. The molecule has 0 fully saturated rings. The predicted molar refractivity (Wildman–Crippen MR) is 74.8 cm³/mol. The zero-order chi connectivity index (χ0) is 12.4. The number of hydrogen-bond acceptors (Lipinski definition) is 1. The first-order chi connectivity index (χ1) is 8.88. The van der Waals surface area contributed by atoms with E-state index in [0.29, 0.717) is 5.56 Å². The Balaban J connectivity index is 2.27. The molecule has 86 valence electrons. The van der Waals surface area contributed by atoms with Crippen LogP contribution in [-0.2, 0) is 0 Å². The van der Waals surface area contributed by atoms with Gasteiger partial charge in [0, 0.05) is 5.56 Å². The molecule has 0 unspecified atom stereocenters. The molecule has 0 aliphatic rings. The Hall–Kier alpha value is -2.41. The maximum Gasteiger partial charge on any atom is 0.150 e. The highest BCUT2D eigenvalue weighted by Crippen LogP contribution is 2.28. The Morgan fingerprint density at radius 2 is 1.56 bits per heavy atom. The molecule has 18 heavy (non-hydrogen) atoms. The van der Waals surface area contributed by atoms with Gasteiger partial charge in [-0.1, -0.05) is 60.7 Å². The van der Waals surface area contributed by atoms with E-state index in [0.717, 1.165) is 17.4 Å². The van der Waals surface area contributed by atoms with E-state index >= 15 is 0 Å². The molecule has 3 aromatic rings. The molecule has 1 nitrogen and oxygen atoms in total. The van der Waals surface area contributed by atoms with Gasteiger partial charge in [-0.25, -0.2) is 0 Å². The first-order valence-corrected chi connectivity index (χ1v) is 5.92. The third-order valence-electron chi connectivity index (χ3n) is 3.12. The molecule has 3 aromatic carbocycles. The van der Waals surface area contributed by atoms with E-state index in [2.05, 4.69) is 24.3 Å². The average Bonchev–Trinajstić information content (AvgIpc) is 2.47. The lowest BCUT2D eigenvalue weighted by molar-refractivity contribution is 0.112. The van der Waals surface area contributed by atoms with Crippen LogP contribution in [0.5, 0.6) is 0 Å². The van der Waals surface area contributed by atoms with Crippen LogP contribution in [0.4, 0.5) is 0 Å². The zero-order valence-electron chi connectivity index (χ0n) is 9.84. The summed E-state index contributed by atoms with van der Waals surface area (Å²) in [7, 11) is 0. The van der Waals surface area contributed by atoms with E-state index in [-0.39, 0.29) is 0 Å². The second-order valence-corrected chi connectivity index (χ2v) is 4.27. The smallest absolute Gasteiger partial charge is 0.150 e. The molecule has 0 N–H and O–H groups in total. The molecular formula is C17H12O. The Morgan fingerprint density at radius 1 is 0.778 bits per heavy atom. The lowest BCUT2D eigenvalue weighted by atomic mass is 9.97. The number of rotatable bonds is 2. The zero-order valence-corrected chi connectivity index (χ0v) is 9.84. The van der Waals surface area contributed by atoms with E-state index in [9.17, 15) is 4.79 Å². The van der Waals surface area contributed by atoms with Crippen LogP contribution in [-0.4, -0.2) is 6.29 Å². The first-order valence-electron chi connectivity index (χ1n) is 5.92. The summed E-state index contributed by atoms with van der Waals surface area (Å²) < 4.78 is 0. The molecule has 0 saturated carbocycles. The van der Waals surface area contributed by atoms with Crippen molar-refractivity contribution >= 4 is 17.1 Å². The third kappa shape index (κ3) is 1.80. The molecule has 0 aromatic heterocycles. The Bertz CT molecular complexity index is 708. The van der Waals surface area contributed by atoms with Gasteiger partial charge in [-0.15, -0.1) is 0 Å². The standard InChI is InChI=1S/C17H12O/c18-12-13-5-3-8-15(11-13)17-10-4-7-14-6-1-2-9-16(14)17/h1-12H. The van der Waals surface area contributed by atoms with E-state index < -0.39 is 0 Å². The fraction of sp³-hybridized carbons (Fsp3) is 0. The number of fused-ring (bicyclic) bond motifs is 1. The Kier molecular flexibility index (Phi) is 2.66. The fourth-order valence-electron chi connectivity index (χ4n) is 2.26. The highest BCUT2D eigenvalue weighted by Gasteiger charge is 2.03. The van der Waals surface area contributed by atoms with Gasteiger partial charge in [-0.3, -0.25) is 4.79 Å². The van der Waals surface area contributed by atoms with Crippen molar-refractivity contribution in [3.05, 3.63) is 72.3 Å². The van der Waals surface area contributed by atoms with E-state index in [1.54, 1.807) is 0 Å². The van der Waals surface area contributed by atoms with E-state index in [1.807, 2.05) is 42.5 Å². The van der Waals surface area contributed by atoms with Gasteiger partial charge in [0.15, 0.2) is 0 Å². The molecule has 0 heterocycles. The van der Waals surface area contributed by atoms with Crippen LogP contribution in [0.1, 0.15) is 10.4 Å². The van der Waals surface area contributed by atoms with Crippen LogP contribution in [0.2, 0.25) is 0 Å². The minimum Gasteiger partial charge on any atom is -0.298 e. The second kappa shape index (κ2) is 4.46. The van der Waals surface area contributed by atoms with Gasteiger partial charge in [0.25, 0.3) is 0 Å². The first kappa shape index (κ1) is 10.7. The summed E-state index contributed by atoms with van der Waals surface area (Å²) in [4.78, 5) is 10.9. The Morgan fingerprint density at radius 3 is 2.44 bits per heavy atom. The van der Waals surface area contributed by atoms with Crippen molar-refractivity contribution < 1.29 is 4.79 Å². The highest BCUT2D eigenvalue weighted by molar-refractivity contribution is 5.97. The van der Waals surface area contributed by atoms with Gasteiger partial charge >= 0.3 is 0 Å². The van der Waals surface area contributed by atoms with Crippen molar-refractivity contribution in [2.45, 2.75) is 0 Å². The van der Waals surface area contributed by atoms with Gasteiger partial charge in [-0.05, 0) is 28.0 Å². The molecule has 0 aliphatic carbocycles. The molecule has 0 atom stereocenters. The summed E-state index contributed by atoms with van der Waals surface area (Å²) in [5, 5.41) is 2.43. The topological polar surface area (TPSA) is 17.1 Å². The lowest BCUT2D eigenvalue weighted by Gasteiger charge is -2.07. The molecule has 0 saturated heterocycles. The quantitative estimate of drug-likeness (QED) is 0.601. The van der Waals surface area contributed by atoms with Crippen molar-refractivity contribution in [2.75, 3.05) is 0 Å². The van der Waals surface area contributed by atoms with Gasteiger partial charge in [-0.2, -0.15) is 0 Å². The predicted octanol–water partition coefficient (Wildman–Crippen LogP) is 4.32. The van der Waals surface area contributed by atoms with E-state index in [1.165, 1.54) is 10.8 Å². The minimum absolute atomic E-state index is 0.709. The van der Waals surface area contributed by atoms with Crippen molar-refractivity contribution in [2.24, 2.45) is 0 Å². The van der Waals surface area contributed by atoms with Crippen LogP contribution in [0.25, 0.3) is 21.9 Å². The van der Waals surface area contributed by atoms with E-state index in [4.69, 9.17) is 0 Å². The minimum atomic E-state index is 0.709. The van der Waals surface area contributed by atoms with Gasteiger partial charge < -0.3 is 0 Å². The number of aldehydes is 1. The van der Waals surface area contributed by atoms with Crippen LogP contribution in [0.15, 0.2) is 66.7 Å². The van der Waals surface area contributed by atoms with Crippen molar-refractivity contribution in [3.8, 4) is 11.1 Å². The normalized spacial score (nSPS) is 10.4. The fourth-order valence-corrected chi connectivity index (χ4v) is 2.26. The Labute approximate surface area is 106 Å². The molecule has 0 bridgehead atoms. The summed E-state index contributed by atoms with van der Waals surface area (Å²) in [6, 6.07) is 22.2. The van der Waals surface area contributed by atoms with Crippen LogP contribution >= 0.6 is 0 Å². The number of benzene rings is 3. The third-order valence-corrected chi connectivity index (χ3v) is 3.12. The molecule has 0 aliphatic heterocycles. The van der Waals surface area contributed by atoms with Crippen LogP contribution in [0, 0.1) is 0 Å². The van der Waals surface area contributed by atoms with Crippen molar-refractivity contribution in [3.63, 3.8) is 0 Å². The summed E-state index contributed by atoms with van der Waals surface area (Å²) in [6.07, 6.45) is 0.884. The molecule has 0 spiro atoms. The highest BCUT2D eigenvalue weighted by atomic mass is 16.1. The summed E-state index contributed by atoms with van der Waals surface area (Å²) in [5.74, 6) is 0. The van der Waals surface area contributed by atoms with Crippen molar-refractivity contribution in [1.82, 2.24) is 0 Å². The number of carbonyl (C=O) groups is 1. The maximum atomic E-state index is 10.9. The molecule has 0 radical (unpaired) electrons. The molecule has 3 rings (SSSR count). The summed E-state index contributed by atoms with van der Waals surface area (Å²) in [6.45, 7) is 0. The monoisotopic (exact) mass is 232 g/mol. The number of hydrogen-bond donors (Lipinski definition) is 0. The van der Waals surface area contributed by atoms with Gasteiger partial charge in [0.1, 0.15) is 6.29 Å². The summed E-state index contributed by atoms with van der Waals surface area (Å²) in [5.41, 5.74) is 2.95. The average molecular weight is 232 g/mol. The SMILES string of the molecule is O=Cc1cccc(-c2cccc3ccccc23)c1. The molecular weight excluding hydrogens is 220 g/mol. The van der Waals surface area contributed by atoms with Crippen molar-refractivity contribution in [1.29, 1.82) is 0 Å².